The highest BCUT2D eigenvalue weighted by Crippen LogP contribution is 2.46. The predicted octanol–water partition coefficient (Wildman–Crippen LogP) is 2.33. The van der Waals surface area contributed by atoms with Crippen molar-refractivity contribution in [2.45, 2.75) is 63.6 Å². The first kappa shape index (κ1) is 21.2. The Morgan fingerprint density at radius 1 is 1.23 bits per heavy atom. The minimum Gasteiger partial charge on any atom is -0.353 e. The number of carbonyl (C=O) groups is 1. The van der Waals surface area contributed by atoms with Crippen LogP contribution in [-0.2, 0) is 4.79 Å². The topological polar surface area (TPSA) is 70.2 Å². The lowest BCUT2D eigenvalue weighted by molar-refractivity contribution is -0.133. The summed E-state index contributed by atoms with van der Waals surface area (Å²) < 4.78 is 0. The van der Waals surface area contributed by atoms with Crippen LogP contribution in [0.25, 0.3) is 0 Å². The summed E-state index contributed by atoms with van der Waals surface area (Å²) in [4.78, 5) is 23.9. The number of hydrogen-bond donors (Lipinski definition) is 2. The zero-order valence-corrected chi connectivity index (χ0v) is 16.8. The highest BCUT2D eigenvalue weighted by molar-refractivity contribution is 5.86. The zero-order chi connectivity index (χ0) is 16.6. The molecule has 146 valence electrons. The number of nitrogens with one attached hydrogen (secondary N) is 2. The van der Waals surface area contributed by atoms with Crippen molar-refractivity contribution in [3.63, 3.8) is 0 Å². The largest absolute Gasteiger partial charge is 0.353 e. The van der Waals surface area contributed by atoms with Gasteiger partial charge >= 0.3 is 0 Å². The number of anilines is 1. The molecule has 3 atom stereocenters. The van der Waals surface area contributed by atoms with Gasteiger partial charge in [0.15, 0.2) is 0 Å². The molecule has 1 amide bonds. The van der Waals surface area contributed by atoms with Gasteiger partial charge in [-0.2, -0.15) is 0 Å². The maximum Gasteiger partial charge on any atom is 0.228 e. The Labute approximate surface area is 167 Å². The molecule has 1 aromatic heterocycles. The molecule has 0 aromatic carbocycles. The van der Waals surface area contributed by atoms with E-state index in [0.717, 1.165) is 51.1 Å². The summed E-state index contributed by atoms with van der Waals surface area (Å²) in [7, 11) is 0. The van der Waals surface area contributed by atoms with Gasteiger partial charge < -0.3 is 15.5 Å². The smallest absolute Gasteiger partial charge is 0.228 e. The van der Waals surface area contributed by atoms with Crippen LogP contribution < -0.4 is 15.5 Å². The number of nitrogens with zero attached hydrogens (tertiary/aromatic N) is 3. The first-order valence-corrected chi connectivity index (χ1v) is 9.30. The molecule has 0 spiro atoms. The van der Waals surface area contributed by atoms with Crippen molar-refractivity contribution in [2.75, 3.05) is 18.0 Å². The molecule has 1 aromatic rings. The van der Waals surface area contributed by atoms with E-state index in [1.54, 1.807) is 12.4 Å². The molecular formula is C18H29Cl2N5O. The van der Waals surface area contributed by atoms with Crippen LogP contribution in [0.2, 0.25) is 0 Å². The van der Waals surface area contributed by atoms with Crippen LogP contribution in [0.3, 0.4) is 0 Å². The normalized spacial score (nSPS) is 30.4. The van der Waals surface area contributed by atoms with Gasteiger partial charge in [0.1, 0.15) is 0 Å². The van der Waals surface area contributed by atoms with Gasteiger partial charge in [0.25, 0.3) is 0 Å². The Morgan fingerprint density at radius 2 is 1.92 bits per heavy atom. The van der Waals surface area contributed by atoms with Crippen molar-refractivity contribution in [1.29, 1.82) is 0 Å². The molecule has 4 rings (SSSR count). The first-order chi connectivity index (χ1) is 11.7. The van der Waals surface area contributed by atoms with Crippen molar-refractivity contribution < 1.29 is 4.79 Å². The van der Waals surface area contributed by atoms with Crippen LogP contribution in [0.1, 0.15) is 45.4 Å². The van der Waals surface area contributed by atoms with Crippen LogP contribution >= 0.6 is 24.8 Å². The molecule has 0 radical (unpaired) electrons. The van der Waals surface area contributed by atoms with E-state index in [1.807, 2.05) is 6.07 Å². The number of amides is 1. The molecule has 8 heteroatoms. The number of rotatable bonds is 4. The average molecular weight is 402 g/mol. The van der Waals surface area contributed by atoms with E-state index in [2.05, 4.69) is 32.4 Å². The Bertz CT molecular complexity index is 597. The molecule has 3 aliphatic heterocycles. The fraction of sp³-hybridized carbons (Fsp3) is 0.722. The summed E-state index contributed by atoms with van der Waals surface area (Å²) in [6.45, 7) is 3.97. The van der Waals surface area contributed by atoms with Gasteiger partial charge in [-0.3, -0.25) is 4.79 Å². The van der Waals surface area contributed by atoms with E-state index in [-0.39, 0.29) is 42.2 Å². The van der Waals surface area contributed by atoms with Gasteiger partial charge in [-0.15, -0.1) is 24.8 Å². The fourth-order valence-electron chi connectivity index (χ4n) is 4.81. The van der Waals surface area contributed by atoms with Crippen molar-refractivity contribution >= 4 is 36.7 Å². The van der Waals surface area contributed by atoms with E-state index in [1.165, 1.54) is 6.42 Å². The Hall–Kier alpha value is -1.11. The van der Waals surface area contributed by atoms with E-state index in [9.17, 15) is 4.79 Å². The monoisotopic (exact) mass is 401 g/mol. The molecule has 6 nitrogen and oxygen atoms in total. The average Bonchev–Trinajstić information content (AvgIpc) is 3.25. The molecular weight excluding hydrogens is 373 g/mol. The minimum absolute atomic E-state index is 0. The lowest BCUT2D eigenvalue weighted by atomic mass is 9.71. The molecule has 4 heterocycles. The van der Waals surface area contributed by atoms with Crippen LogP contribution in [-0.4, -0.2) is 47.1 Å². The minimum atomic E-state index is -0.178. The van der Waals surface area contributed by atoms with Gasteiger partial charge in [-0.25, -0.2) is 9.97 Å². The number of carbonyl (C=O) groups excluding carboxylic acids is 1. The Morgan fingerprint density at radius 3 is 2.46 bits per heavy atom. The maximum atomic E-state index is 13.0. The second-order valence-corrected chi connectivity index (χ2v) is 7.49. The molecule has 2 N–H and O–H groups in total. The van der Waals surface area contributed by atoms with E-state index >= 15 is 0 Å². The summed E-state index contributed by atoms with van der Waals surface area (Å²) in [6, 6.07) is 3.05. The van der Waals surface area contributed by atoms with Gasteiger partial charge in [0.2, 0.25) is 11.9 Å². The third-order valence-corrected chi connectivity index (χ3v) is 6.27. The summed E-state index contributed by atoms with van der Waals surface area (Å²) in [6.07, 6.45) is 9.81. The number of piperidine rings is 1. The summed E-state index contributed by atoms with van der Waals surface area (Å²) in [5, 5.41) is 6.99. The Kier molecular flexibility index (Phi) is 7.11. The van der Waals surface area contributed by atoms with Gasteiger partial charge in [-0.05, 0) is 44.6 Å². The lowest BCUT2D eigenvalue weighted by Gasteiger charge is -2.38. The molecule has 2 bridgehead atoms. The van der Waals surface area contributed by atoms with E-state index in [4.69, 9.17) is 0 Å². The molecule has 3 aliphatic rings. The Balaban J connectivity index is 0.00000121. The zero-order valence-electron chi connectivity index (χ0n) is 15.2. The first-order valence-electron chi connectivity index (χ1n) is 9.30. The molecule has 26 heavy (non-hydrogen) atoms. The molecule has 3 saturated heterocycles. The quantitative estimate of drug-likeness (QED) is 0.809. The summed E-state index contributed by atoms with van der Waals surface area (Å²) >= 11 is 0. The van der Waals surface area contributed by atoms with Crippen molar-refractivity contribution in [3.8, 4) is 0 Å². The van der Waals surface area contributed by atoms with Crippen molar-refractivity contribution in [1.82, 2.24) is 20.6 Å². The highest BCUT2D eigenvalue weighted by atomic mass is 35.5. The predicted molar refractivity (Wildman–Crippen MR) is 107 cm³/mol. The van der Waals surface area contributed by atoms with Crippen LogP contribution in [0.4, 0.5) is 5.95 Å². The van der Waals surface area contributed by atoms with Gasteiger partial charge in [0.05, 0.1) is 5.41 Å². The van der Waals surface area contributed by atoms with E-state index < -0.39 is 0 Å². The third kappa shape index (κ3) is 3.78. The summed E-state index contributed by atoms with van der Waals surface area (Å²) in [5.41, 5.74) is -0.178. The van der Waals surface area contributed by atoms with Gasteiger partial charge in [-0.1, -0.05) is 6.92 Å². The summed E-state index contributed by atoms with van der Waals surface area (Å²) in [5.74, 6) is 1.07. The third-order valence-electron chi connectivity index (χ3n) is 6.27. The SMILES string of the molecule is CC[C@@]1(C(=O)NC2CCN(c3ncccn3)CC2)C[C@@H]2CC[C@H]1N2.Cl.Cl. The fourth-order valence-corrected chi connectivity index (χ4v) is 4.81. The number of halogens is 2. The van der Waals surface area contributed by atoms with Crippen LogP contribution in [0, 0.1) is 5.41 Å². The number of aromatic nitrogens is 2. The van der Waals surface area contributed by atoms with Gasteiger partial charge in [0, 0.05) is 43.6 Å². The van der Waals surface area contributed by atoms with Crippen LogP contribution in [0.15, 0.2) is 18.5 Å². The molecule has 3 fully saturated rings. The van der Waals surface area contributed by atoms with E-state index in [0.29, 0.717) is 12.1 Å². The molecule has 0 saturated carbocycles. The number of hydrogen-bond acceptors (Lipinski definition) is 5. The van der Waals surface area contributed by atoms with Crippen molar-refractivity contribution in [2.24, 2.45) is 5.41 Å². The second kappa shape index (κ2) is 8.72. The van der Waals surface area contributed by atoms with Crippen molar-refractivity contribution in [3.05, 3.63) is 18.5 Å². The lowest BCUT2D eigenvalue weighted by Crippen LogP contribution is -2.53. The standard InChI is InChI=1S/C18H27N5O.2ClH/c1-2-18(12-14-4-5-15(18)21-14)16(24)22-13-6-10-23(11-7-13)17-19-8-3-9-20-17;;/h3,8-9,13-15,21H,2,4-7,10-12H2,1H3,(H,22,24);2*1H/t14-,15+,18+;;/m0../s1. The van der Waals surface area contributed by atoms with Crippen LogP contribution in [0.5, 0.6) is 0 Å². The second-order valence-electron chi connectivity index (χ2n) is 7.49. The highest BCUT2D eigenvalue weighted by Gasteiger charge is 2.54. The molecule has 0 aliphatic carbocycles. The number of fused-ring (bicyclic) bond motifs is 2. The maximum absolute atomic E-state index is 13.0. The molecule has 0 unspecified atom stereocenters.